The van der Waals surface area contributed by atoms with Crippen LogP contribution in [0.5, 0.6) is 0 Å². The molecule has 0 aromatic heterocycles. The summed E-state index contributed by atoms with van der Waals surface area (Å²) in [7, 11) is 0. The second-order valence-electron chi connectivity index (χ2n) is 7.10. The van der Waals surface area contributed by atoms with Crippen molar-refractivity contribution in [3.63, 3.8) is 0 Å². The lowest BCUT2D eigenvalue weighted by Crippen LogP contribution is -2.47. The molecule has 2 amide bonds. The molecule has 0 unspecified atom stereocenters. The zero-order chi connectivity index (χ0) is 16.9. The number of amides is 2. The molecule has 2 aliphatic rings. The first-order chi connectivity index (χ1) is 10.8. The van der Waals surface area contributed by atoms with Crippen molar-refractivity contribution in [3.8, 4) is 0 Å². The third kappa shape index (κ3) is 6.88. The minimum atomic E-state index is -0.492. The molecule has 1 heterocycles. The van der Waals surface area contributed by atoms with Gasteiger partial charge in [0.25, 0.3) is 0 Å². The van der Waals surface area contributed by atoms with E-state index in [1.807, 2.05) is 20.8 Å². The molecule has 7 nitrogen and oxygen atoms in total. The molecule has 0 aromatic carbocycles. The highest BCUT2D eigenvalue weighted by Gasteiger charge is 2.25. The van der Waals surface area contributed by atoms with Gasteiger partial charge in [-0.25, -0.2) is 4.79 Å². The van der Waals surface area contributed by atoms with E-state index in [1.165, 1.54) is 0 Å². The molecular weight excluding hydrogens is 296 g/mol. The molecule has 1 aliphatic heterocycles. The Bertz CT molecular complexity index is 466. The largest absolute Gasteiger partial charge is 0.444 e. The highest BCUT2D eigenvalue weighted by atomic mass is 16.6. The number of carbonyl (C=O) groups excluding carboxylic acids is 2. The third-order valence-electron chi connectivity index (χ3n) is 3.52. The first-order valence-corrected chi connectivity index (χ1v) is 8.38. The van der Waals surface area contributed by atoms with E-state index in [4.69, 9.17) is 4.74 Å². The standard InChI is InChI=1S/C16H28N4O3/c1-16(2,3)23-15(22)20-10-9-18-13(11-20)17-8-4-5-14(21)19-12-6-7-12/h12H,4-11H2,1-3H3,(H,17,18)(H,19,21). The van der Waals surface area contributed by atoms with Gasteiger partial charge in [-0.05, 0) is 40.0 Å². The second kappa shape index (κ2) is 7.66. The van der Waals surface area contributed by atoms with Crippen LogP contribution in [0.4, 0.5) is 4.79 Å². The number of ether oxygens (including phenoxy) is 1. The van der Waals surface area contributed by atoms with Crippen LogP contribution in [0.1, 0.15) is 46.5 Å². The average molecular weight is 324 g/mol. The van der Waals surface area contributed by atoms with Gasteiger partial charge in [0.1, 0.15) is 11.4 Å². The van der Waals surface area contributed by atoms with Crippen LogP contribution in [0.25, 0.3) is 0 Å². The highest BCUT2D eigenvalue weighted by molar-refractivity contribution is 5.87. The van der Waals surface area contributed by atoms with Crippen LogP contribution in [-0.2, 0) is 9.53 Å². The molecule has 7 heteroatoms. The predicted octanol–water partition coefficient (Wildman–Crippen LogP) is 1.28. The van der Waals surface area contributed by atoms with E-state index in [2.05, 4.69) is 15.6 Å². The third-order valence-corrected chi connectivity index (χ3v) is 3.52. The molecule has 0 bridgehead atoms. The van der Waals surface area contributed by atoms with Crippen LogP contribution in [-0.4, -0.2) is 60.6 Å². The summed E-state index contributed by atoms with van der Waals surface area (Å²) in [5, 5.41) is 6.18. The summed E-state index contributed by atoms with van der Waals surface area (Å²) in [6, 6.07) is 0.417. The lowest BCUT2D eigenvalue weighted by Gasteiger charge is -2.29. The Kier molecular flexibility index (Phi) is 5.85. The molecule has 0 radical (unpaired) electrons. The highest BCUT2D eigenvalue weighted by Crippen LogP contribution is 2.18. The van der Waals surface area contributed by atoms with Crippen LogP contribution < -0.4 is 10.6 Å². The van der Waals surface area contributed by atoms with Gasteiger partial charge in [0, 0.05) is 25.6 Å². The van der Waals surface area contributed by atoms with Crippen molar-refractivity contribution < 1.29 is 14.3 Å². The lowest BCUT2D eigenvalue weighted by molar-refractivity contribution is -0.121. The molecule has 0 spiro atoms. The van der Waals surface area contributed by atoms with Gasteiger partial charge >= 0.3 is 6.09 Å². The first-order valence-electron chi connectivity index (χ1n) is 8.38. The van der Waals surface area contributed by atoms with Crippen molar-refractivity contribution in [2.75, 3.05) is 26.2 Å². The molecule has 0 saturated heterocycles. The lowest BCUT2D eigenvalue weighted by atomic mass is 10.2. The predicted molar refractivity (Wildman–Crippen MR) is 88.5 cm³/mol. The fourth-order valence-corrected chi connectivity index (χ4v) is 2.22. The van der Waals surface area contributed by atoms with E-state index in [9.17, 15) is 9.59 Å². The van der Waals surface area contributed by atoms with Crippen LogP contribution in [0.3, 0.4) is 0 Å². The van der Waals surface area contributed by atoms with Crippen molar-refractivity contribution in [2.45, 2.75) is 58.1 Å². The van der Waals surface area contributed by atoms with Crippen molar-refractivity contribution in [3.05, 3.63) is 0 Å². The van der Waals surface area contributed by atoms with E-state index in [1.54, 1.807) is 4.90 Å². The summed E-state index contributed by atoms with van der Waals surface area (Å²) >= 11 is 0. The van der Waals surface area contributed by atoms with Gasteiger partial charge in [-0.15, -0.1) is 0 Å². The van der Waals surface area contributed by atoms with Crippen molar-refractivity contribution in [1.82, 2.24) is 15.5 Å². The molecule has 2 rings (SSSR count). The number of aliphatic imine (C=N–C) groups is 1. The minimum absolute atomic E-state index is 0.121. The van der Waals surface area contributed by atoms with E-state index in [-0.39, 0.29) is 12.0 Å². The summed E-state index contributed by atoms with van der Waals surface area (Å²) in [5.41, 5.74) is -0.492. The summed E-state index contributed by atoms with van der Waals surface area (Å²) in [5.74, 6) is 0.903. The Morgan fingerprint density at radius 1 is 1.35 bits per heavy atom. The number of nitrogens with zero attached hydrogens (tertiary/aromatic N) is 2. The number of rotatable bonds is 5. The maximum absolute atomic E-state index is 12.1. The van der Waals surface area contributed by atoms with Gasteiger partial charge in [0.15, 0.2) is 0 Å². The molecule has 1 saturated carbocycles. The van der Waals surface area contributed by atoms with Crippen molar-refractivity contribution in [2.24, 2.45) is 4.99 Å². The number of hydrogen-bond donors (Lipinski definition) is 2. The Balaban J connectivity index is 1.64. The molecule has 0 atom stereocenters. The normalized spacial score (nSPS) is 18.2. The first kappa shape index (κ1) is 17.6. The van der Waals surface area contributed by atoms with Crippen LogP contribution in [0.2, 0.25) is 0 Å². The van der Waals surface area contributed by atoms with Crippen molar-refractivity contribution >= 4 is 17.8 Å². The van der Waals surface area contributed by atoms with Crippen LogP contribution >= 0.6 is 0 Å². The topological polar surface area (TPSA) is 83.0 Å². The van der Waals surface area contributed by atoms with Gasteiger partial charge in [-0.1, -0.05) is 0 Å². The molecular formula is C16H28N4O3. The molecule has 1 fully saturated rings. The number of amidine groups is 1. The number of nitrogens with one attached hydrogen (secondary N) is 2. The summed E-state index contributed by atoms with van der Waals surface area (Å²) < 4.78 is 5.38. The van der Waals surface area contributed by atoms with E-state index >= 15 is 0 Å². The molecule has 130 valence electrons. The summed E-state index contributed by atoms with van der Waals surface area (Å²) in [4.78, 5) is 29.7. The van der Waals surface area contributed by atoms with Gasteiger partial charge in [-0.3, -0.25) is 14.7 Å². The van der Waals surface area contributed by atoms with E-state index in [0.717, 1.165) is 25.1 Å². The maximum atomic E-state index is 12.1. The van der Waals surface area contributed by atoms with Crippen molar-refractivity contribution in [1.29, 1.82) is 0 Å². The molecule has 2 N–H and O–H groups in total. The van der Waals surface area contributed by atoms with Gasteiger partial charge in [-0.2, -0.15) is 0 Å². The quantitative estimate of drug-likeness (QED) is 0.746. The number of carbonyl (C=O) groups is 2. The molecule has 23 heavy (non-hydrogen) atoms. The average Bonchev–Trinajstić information content (AvgIpc) is 3.26. The minimum Gasteiger partial charge on any atom is -0.444 e. The van der Waals surface area contributed by atoms with Gasteiger partial charge in [0.2, 0.25) is 5.91 Å². The van der Waals surface area contributed by atoms with Crippen LogP contribution in [0.15, 0.2) is 4.99 Å². The monoisotopic (exact) mass is 324 g/mol. The Morgan fingerprint density at radius 2 is 2.09 bits per heavy atom. The molecule has 0 aromatic rings. The molecule has 1 aliphatic carbocycles. The van der Waals surface area contributed by atoms with Gasteiger partial charge in [0.05, 0.1) is 13.1 Å². The number of hydrogen-bond acceptors (Lipinski definition) is 5. The van der Waals surface area contributed by atoms with E-state index < -0.39 is 5.60 Å². The summed E-state index contributed by atoms with van der Waals surface area (Å²) in [6.07, 6.45) is 3.19. The fourth-order valence-electron chi connectivity index (χ4n) is 2.22. The summed E-state index contributed by atoms with van der Waals surface area (Å²) in [6.45, 7) is 7.83. The Morgan fingerprint density at radius 3 is 2.74 bits per heavy atom. The second-order valence-corrected chi connectivity index (χ2v) is 7.10. The zero-order valence-electron chi connectivity index (χ0n) is 14.4. The SMILES string of the molecule is CC(C)(C)OC(=O)N1CCN=C(NCCCC(=O)NC2CC2)C1. The Labute approximate surface area is 137 Å². The van der Waals surface area contributed by atoms with E-state index in [0.29, 0.717) is 38.6 Å². The van der Waals surface area contributed by atoms with Gasteiger partial charge < -0.3 is 15.4 Å². The zero-order valence-corrected chi connectivity index (χ0v) is 14.4. The maximum Gasteiger partial charge on any atom is 0.410 e. The smallest absolute Gasteiger partial charge is 0.410 e. The Hall–Kier alpha value is -1.79. The fraction of sp³-hybridized carbons (Fsp3) is 0.812. The van der Waals surface area contributed by atoms with Crippen LogP contribution in [0, 0.1) is 0 Å².